The molecule has 1 N–H and O–H groups in total. The van der Waals surface area contributed by atoms with Gasteiger partial charge in [-0.3, -0.25) is 9.59 Å². The third-order valence-electron chi connectivity index (χ3n) is 3.32. The fraction of sp³-hybridized carbons (Fsp3) is 0.500. The molecule has 0 saturated heterocycles. The first-order valence-corrected chi connectivity index (χ1v) is 5.36. The lowest BCUT2D eigenvalue weighted by molar-refractivity contribution is -0.143. The van der Waals surface area contributed by atoms with Gasteiger partial charge in [-0.25, -0.2) is 0 Å². The van der Waals surface area contributed by atoms with Crippen LogP contribution in [0.2, 0.25) is 0 Å². The maximum Gasteiger partial charge on any atom is 0.311 e. The zero-order chi connectivity index (χ0) is 11.9. The number of aliphatic carboxylic acids is 1. The average molecular weight is 221 g/mol. The van der Waals surface area contributed by atoms with Crippen molar-refractivity contribution < 1.29 is 9.90 Å². The smallest absolute Gasteiger partial charge is 0.311 e. The lowest BCUT2D eigenvalue weighted by Gasteiger charge is -2.18. The molecule has 1 aromatic rings. The first kappa shape index (κ1) is 10.9. The minimum atomic E-state index is -0.731. The number of hydrogen-bond acceptors (Lipinski definition) is 2. The molecule has 2 rings (SSSR count). The Morgan fingerprint density at radius 1 is 1.38 bits per heavy atom. The number of carboxylic acids is 1. The molecule has 0 amide bonds. The third-order valence-corrected chi connectivity index (χ3v) is 3.32. The molecular weight excluding hydrogens is 206 g/mol. The molecule has 1 saturated carbocycles. The number of pyridine rings is 1. The monoisotopic (exact) mass is 221 g/mol. The van der Waals surface area contributed by atoms with Gasteiger partial charge in [0.2, 0.25) is 0 Å². The van der Waals surface area contributed by atoms with Crippen LogP contribution in [0, 0.1) is 19.3 Å². The molecule has 0 atom stereocenters. The molecule has 0 bridgehead atoms. The highest BCUT2D eigenvalue weighted by atomic mass is 16.4. The highest BCUT2D eigenvalue weighted by molar-refractivity contribution is 5.77. The Labute approximate surface area is 93.5 Å². The van der Waals surface area contributed by atoms with Crippen LogP contribution >= 0.6 is 0 Å². The first-order chi connectivity index (χ1) is 7.44. The normalized spacial score (nSPS) is 17.1. The molecule has 0 unspecified atom stereocenters. The van der Waals surface area contributed by atoms with Crippen LogP contribution in [-0.4, -0.2) is 15.6 Å². The molecule has 0 spiro atoms. The first-order valence-electron chi connectivity index (χ1n) is 5.36. The van der Waals surface area contributed by atoms with Crippen LogP contribution in [0.5, 0.6) is 0 Å². The van der Waals surface area contributed by atoms with Gasteiger partial charge in [0.15, 0.2) is 5.43 Å². The summed E-state index contributed by atoms with van der Waals surface area (Å²) in [5.74, 6) is -0.731. The third kappa shape index (κ3) is 1.75. The van der Waals surface area contributed by atoms with Crippen LogP contribution < -0.4 is 5.43 Å². The molecule has 0 radical (unpaired) electrons. The molecule has 86 valence electrons. The van der Waals surface area contributed by atoms with Crippen LogP contribution in [0.15, 0.2) is 16.9 Å². The van der Waals surface area contributed by atoms with E-state index in [1.54, 1.807) is 12.1 Å². The second kappa shape index (κ2) is 3.47. The molecule has 1 aliphatic carbocycles. The van der Waals surface area contributed by atoms with Gasteiger partial charge in [-0.2, -0.15) is 0 Å². The van der Waals surface area contributed by atoms with Crippen molar-refractivity contribution in [1.29, 1.82) is 0 Å². The molecule has 1 aromatic heterocycles. The predicted octanol–water partition coefficient (Wildman–Crippen LogP) is 1.33. The Bertz CT molecular complexity index is 471. The summed E-state index contributed by atoms with van der Waals surface area (Å²) in [4.78, 5) is 22.4. The van der Waals surface area contributed by atoms with E-state index in [4.69, 9.17) is 5.11 Å². The van der Waals surface area contributed by atoms with Gasteiger partial charge < -0.3 is 9.67 Å². The van der Waals surface area contributed by atoms with Gasteiger partial charge in [0, 0.05) is 30.1 Å². The molecule has 4 nitrogen and oxygen atoms in total. The lowest BCUT2D eigenvalue weighted by Crippen LogP contribution is -2.25. The van der Waals surface area contributed by atoms with Crippen molar-refractivity contribution in [3.63, 3.8) is 0 Å². The van der Waals surface area contributed by atoms with Gasteiger partial charge in [0.1, 0.15) is 0 Å². The van der Waals surface area contributed by atoms with Gasteiger partial charge in [0.05, 0.1) is 5.41 Å². The number of aromatic nitrogens is 1. The highest BCUT2D eigenvalue weighted by Gasteiger charge is 2.50. The molecular formula is C12H15NO3. The Kier molecular flexibility index (Phi) is 2.37. The largest absolute Gasteiger partial charge is 0.481 e. The van der Waals surface area contributed by atoms with Crippen molar-refractivity contribution >= 4 is 5.97 Å². The predicted molar refractivity (Wildman–Crippen MR) is 59.5 cm³/mol. The van der Waals surface area contributed by atoms with Gasteiger partial charge in [-0.05, 0) is 26.7 Å². The minimum absolute atomic E-state index is 0.0218. The Morgan fingerprint density at radius 2 is 1.88 bits per heavy atom. The Balaban J connectivity index is 2.36. The van der Waals surface area contributed by atoms with Crippen LogP contribution in [-0.2, 0) is 11.3 Å². The van der Waals surface area contributed by atoms with Gasteiger partial charge in [-0.1, -0.05) is 0 Å². The number of nitrogens with zero attached hydrogens (tertiary/aromatic N) is 1. The number of carboxylic acid groups (broad SMARTS) is 1. The molecule has 1 fully saturated rings. The fourth-order valence-electron chi connectivity index (χ4n) is 2.03. The highest BCUT2D eigenvalue weighted by Crippen LogP contribution is 2.47. The summed E-state index contributed by atoms with van der Waals surface area (Å²) < 4.78 is 1.92. The van der Waals surface area contributed by atoms with E-state index in [1.165, 1.54) is 0 Å². The van der Waals surface area contributed by atoms with Gasteiger partial charge in [-0.15, -0.1) is 0 Å². The number of rotatable bonds is 3. The minimum Gasteiger partial charge on any atom is -0.481 e. The second-order valence-electron chi connectivity index (χ2n) is 4.65. The molecule has 1 heterocycles. The zero-order valence-corrected chi connectivity index (χ0v) is 9.49. The van der Waals surface area contributed by atoms with Crippen molar-refractivity contribution in [2.45, 2.75) is 33.2 Å². The lowest BCUT2D eigenvalue weighted by atomic mass is 10.1. The Morgan fingerprint density at radius 3 is 2.25 bits per heavy atom. The van der Waals surface area contributed by atoms with Crippen molar-refractivity contribution in [2.75, 3.05) is 0 Å². The topological polar surface area (TPSA) is 59.3 Å². The van der Waals surface area contributed by atoms with E-state index in [0.717, 1.165) is 24.2 Å². The second-order valence-corrected chi connectivity index (χ2v) is 4.65. The SMILES string of the molecule is Cc1cc(=O)cc(C)n1CC1(C(=O)O)CC1. The maximum absolute atomic E-state index is 11.2. The van der Waals surface area contributed by atoms with Crippen LogP contribution in [0.25, 0.3) is 0 Å². The fourth-order valence-corrected chi connectivity index (χ4v) is 2.03. The Hall–Kier alpha value is -1.58. The molecule has 16 heavy (non-hydrogen) atoms. The quantitative estimate of drug-likeness (QED) is 0.837. The summed E-state index contributed by atoms with van der Waals surface area (Å²) in [6, 6.07) is 3.09. The van der Waals surface area contributed by atoms with Gasteiger partial charge in [0.25, 0.3) is 0 Å². The number of hydrogen-bond donors (Lipinski definition) is 1. The van der Waals surface area contributed by atoms with E-state index in [-0.39, 0.29) is 5.43 Å². The summed E-state index contributed by atoms with van der Waals surface area (Å²) in [7, 11) is 0. The van der Waals surface area contributed by atoms with Crippen LogP contribution in [0.4, 0.5) is 0 Å². The van der Waals surface area contributed by atoms with E-state index in [9.17, 15) is 9.59 Å². The van der Waals surface area contributed by atoms with Gasteiger partial charge >= 0.3 is 5.97 Å². The molecule has 1 aliphatic rings. The summed E-state index contributed by atoms with van der Waals surface area (Å²) >= 11 is 0. The average Bonchev–Trinajstić information content (AvgIpc) is 2.92. The van der Waals surface area contributed by atoms with Crippen molar-refractivity contribution in [3.8, 4) is 0 Å². The standard InChI is InChI=1S/C12H15NO3/c1-8-5-10(14)6-9(2)13(8)7-12(3-4-12)11(15)16/h5-6H,3-4,7H2,1-2H3,(H,15,16). The number of aryl methyl sites for hydroxylation is 2. The summed E-state index contributed by atoms with van der Waals surface area (Å²) in [5, 5.41) is 9.13. The van der Waals surface area contributed by atoms with E-state index in [0.29, 0.717) is 6.54 Å². The van der Waals surface area contributed by atoms with Crippen molar-refractivity contribution in [1.82, 2.24) is 4.57 Å². The van der Waals surface area contributed by atoms with E-state index in [1.807, 2.05) is 18.4 Å². The van der Waals surface area contributed by atoms with E-state index in [2.05, 4.69) is 0 Å². The number of carbonyl (C=O) groups is 1. The zero-order valence-electron chi connectivity index (χ0n) is 9.49. The van der Waals surface area contributed by atoms with Crippen molar-refractivity contribution in [2.24, 2.45) is 5.41 Å². The molecule has 0 aromatic carbocycles. The van der Waals surface area contributed by atoms with Crippen molar-refractivity contribution in [3.05, 3.63) is 33.7 Å². The summed E-state index contributed by atoms with van der Waals surface area (Å²) in [5.41, 5.74) is 1.05. The summed E-state index contributed by atoms with van der Waals surface area (Å²) in [6.45, 7) is 4.15. The van der Waals surface area contributed by atoms with Crippen LogP contribution in [0.3, 0.4) is 0 Å². The molecule has 0 aliphatic heterocycles. The van der Waals surface area contributed by atoms with E-state index >= 15 is 0 Å². The molecule has 4 heteroatoms. The van der Waals surface area contributed by atoms with E-state index < -0.39 is 11.4 Å². The van der Waals surface area contributed by atoms with Crippen LogP contribution in [0.1, 0.15) is 24.2 Å². The summed E-state index contributed by atoms with van der Waals surface area (Å²) in [6.07, 6.45) is 1.46. The maximum atomic E-state index is 11.2.